The number of hydrogen-bond donors (Lipinski definition) is 0. The smallest absolute Gasteiger partial charge is 0.420 e. The highest BCUT2D eigenvalue weighted by atomic mass is 19.4. The first-order valence-corrected chi connectivity index (χ1v) is 7.46. The van der Waals surface area contributed by atoms with E-state index in [4.69, 9.17) is 9.47 Å². The standard InChI is InChI=1S/C16H22F3NO2/c1-4-20-7-5-6-11(10-20)12-8-15(22-3)13(16(17,18)19)9-14(12)21-2/h8-9,11H,4-7,10H2,1-3H3/t11-/m0/s1. The third kappa shape index (κ3) is 3.48. The summed E-state index contributed by atoms with van der Waals surface area (Å²) < 4.78 is 49.5. The molecule has 1 aromatic carbocycles. The summed E-state index contributed by atoms with van der Waals surface area (Å²) in [6.07, 6.45) is -2.48. The van der Waals surface area contributed by atoms with Crippen LogP contribution >= 0.6 is 0 Å². The van der Waals surface area contributed by atoms with Crippen LogP contribution in [0.4, 0.5) is 13.2 Å². The van der Waals surface area contributed by atoms with Crippen molar-refractivity contribution in [3.8, 4) is 11.5 Å². The molecule has 22 heavy (non-hydrogen) atoms. The van der Waals surface area contributed by atoms with Crippen LogP contribution < -0.4 is 9.47 Å². The fraction of sp³-hybridized carbons (Fsp3) is 0.625. The Balaban J connectivity index is 2.42. The van der Waals surface area contributed by atoms with Crippen LogP contribution in [0.3, 0.4) is 0 Å². The zero-order chi connectivity index (χ0) is 16.3. The fourth-order valence-corrected chi connectivity index (χ4v) is 3.06. The molecule has 0 aliphatic carbocycles. The zero-order valence-electron chi connectivity index (χ0n) is 13.2. The lowest BCUT2D eigenvalue weighted by molar-refractivity contribution is -0.138. The molecule has 0 spiro atoms. The molecule has 1 aliphatic rings. The Morgan fingerprint density at radius 3 is 2.41 bits per heavy atom. The Morgan fingerprint density at radius 1 is 1.18 bits per heavy atom. The first-order chi connectivity index (χ1) is 10.4. The van der Waals surface area contributed by atoms with Crippen molar-refractivity contribution in [2.24, 2.45) is 0 Å². The molecular weight excluding hydrogens is 295 g/mol. The van der Waals surface area contributed by atoms with E-state index >= 15 is 0 Å². The monoisotopic (exact) mass is 317 g/mol. The zero-order valence-corrected chi connectivity index (χ0v) is 13.2. The van der Waals surface area contributed by atoms with Gasteiger partial charge in [-0.05, 0) is 38.1 Å². The van der Waals surface area contributed by atoms with Crippen LogP contribution in [0.1, 0.15) is 36.8 Å². The van der Waals surface area contributed by atoms with Crippen molar-refractivity contribution in [3.05, 3.63) is 23.3 Å². The molecule has 6 heteroatoms. The molecule has 0 bridgehead atoms. The van der Waals surface area contributed by atoms with Gasteiger partial charge in [0.25, 0.3) is 0 Å². The van der Waals surface area contributed by atoms with Gasteiger partial charge in [0.1, 0.15) is 17.1 Å². The molecule has 2 rings (SSSR count). The molecular formula is C16H22F3NO2. The quantitative estimate of drug-likeness (QED) is 0.840. The number of benzene rings is 1. The van der Waals surface area contributed by atoms with Crippen LogP contribution in [0.2, 0.25) is 0 Å². The number of halogens is 3. The number of ether oxygens (including phenoxy) is 2. The number of alkyl halides is 3. The van der Waals surface area contributed by atoms with Crippen molar-refractivity contribution in [1.29, 1.82) is 0 Å². The Morgan fingerprint density at radius 2 is 1.86 bits per heavy atom. The summed E-state index contributed by atoms with van der Waals surface area (Å²) >= 11 is 0. The van der Waals surface area contributed by atoms with Gasteiger partial charge in [-0.25, -0.2) is 0 Å². The van der Waals surface area contributed by atoms with Crippen LogP contribution in [0.25, 0.3) is 0 Å². The SMILES string of the molecule is CCN1CCC[C@H](c2cc(OC)c(C(F)(F)F)cc2OC)C1. The van der Waals surface area contributed by atoms with Gasteiger partial charge in [0.15, 0.2) is 0 Å². The van der Waals surface area contributed by atoms with Gasteiger partial charge >= 0.3 is 6.18 Å². The maximum Gasteiger partial charge on any atom is 0.420 e. The lowest BCUT2D eigenvalue weighted by atomic mass is 9.89. The lowest BCUT2D eigenvalue weighted by Crippen LogP contribution is -2.34. The van der Waals surface area contributed by atoms with Crippen molar-refractivity contribution < 1.29 is 22.6 Å². The summed E-state index contributed by atoms with van der Waals surface area (Å²) in [5.41, 5.74) is 0.00394. The summed E-state index contributed by atoms with van der Waals surface area (Å²) in [6.45, 7) is 4.90. The molecule has 0 radical (unpaired) electrons. The summed E-state index contributed by atoms with van der Waals surface area (Å²) in [6, 6.07) is 2.55. The minimum absolute atomic E-state index is 0.142. The Hall–Kier alpha value is -1.43. The van der Waals surface area contributed by atoms with E-state index in [2.05, 4.69) is 11.8 Å². The molecule has 0 saturated carbocycles. The molecule has 1 aromatic rings. The maximum atomic E-state index is 13.1. The highest BCUT2D eigenvalue weighted by Crippen LogP contribution is 2.43. The van der Waals surface area contributed by atoms with Gasteiger partial charge in [-0.2, -0.15) is 13.2 Å². The third-order valence-electron chi connectivity index (χ3n) is 4.25. The second kappa shape index (κ2) is 6.77. The summed E-state index contributed by atoms with van der Waals surface area (Å²) in [4.78, 5) is 2.30. The number of hydrogen-bond acceptors (Lipinski definition) is 3. The van der Waals surface area contributed by atoms with Crippen molar-refractivity contribution >= 4 is 0 Å². The van der Waals surface area contributed by atoms with Gasteiger partial charge in [0.2, 0.25) is 0 Å². The van der Waals surface area contributed by atoms with E-state index in [1.165, 1.54) is 20.3 Å². The van der Waals surface area contributed by atoms with E-state index in [-0.39, 0.29) is 17.4 Å². The predicted octanol–water partition coefficient (Wildman–Crippen LogP) is 3.92. The van der Waals surface area contributed by atoms with E-state index in [0.29, 0.717) is 0 Å². The summed E-state index contributed by atoms with van der Waals surface area (Å²) in [5.74, 6) is 0.313. The van der Waals surface area contributed by atoms with E-state index in [1.807, 2.05) is 0 Å². The molecule has 1 atom stereocenters. The summed E-state index contributed by atoms with van der Waals surface area (Å²) in [5, 5.41) is 0. The molecule has 0 unspecified atom stereocenters. The largest absolute Gasteiger partial charge is 0.496 e. The highest BCUT2D eigenvalue weighted by molar-refractivity contribution is 5.49. The van der Waals surface area contributed by atoms with Crippen molar-refractivity contribution in [1.82, 2.24) is 4.90 Å². The molecule has 0 aromatic heterocycles. The van der Waals surface area contributed by atoms with E-state index in [1.54, 1.807) is 0 Å². The number of nitrogens with zero attached hydrogens (tertiary/aromatic N) is 1. The summed E-state index contributed by atoms with van der Waals surface area (Å²) in [7, 11) is 2.67. The van der Waals surface area contributed by atoms with Gasteiger partial charge in [-0.3, -0.25) is 0 Å². The average molecular weight is 317 g/mol. The minimum atomic E-state index is -4.46. The van der Waals surface area contributed by atoms with Gasteiger partial charge in [0, 0.05) is 18.0 Å². The van der Waals surface area contributed by atoms with Gasteiger partial charge in [0.05, 0.1) is 14.2 Å². The molecule has 1 aliphatic heterocycles. The fourth-order valence-electron chi connectivity index (χ4n) is 3.06. The molecule has 1 fully saturated rings. The third-order valence-corrected chi connectivity index (χ3v) is 4.25. The molecule has 1 saturated heterocycles. The second-order valence-corrected chi connectivity index (χ2v) is 5.52. The van der Waals surface area contributed by atoms with Crippen LogP contribution in [-0.4, -0.2) is 38.8 Å². The van der Waals surface area contributed by atoms with E-state index in [0.717, 1.165) is 44.1 Å². The van der Waals surface area contributed by atoms with Crippen LogP contribution in [0, 0.1) is 0 Å². The topological polar surface area (TPSA) is 21.7 Å². The van der Waals surface area contributed by atoms with E-state index < -0.39 is 11.7 Å². The number of methoxy groups -OCH3 is 2. The number of rotatable bonds is 4. The minimum Gasteiger partial charge on any atom is -0.496 e. The number of likely N-dealkylation sites (N-methyl/N-ethyl adjacent to an activating group) is 1. The predicted molar refractivity (Wildman–Crippen MR) is 78.6 cm³/mol. The Bertz CT molecular complexity index is 517. The Labute approximate surface area is 129 Å². The van der Waals surface area contributed by atoms with Crippen molar-refractivity contribution in [2.75, 3.05) is 33.9 Å². The van der Waals surface area contributed by atoms with Crippen molar-refractivity contribution in [3.63, 3.8) is 0 Å². The molecule has 124 valence electrons. The van der Waals surface area contributed by atoms with Gasteiger partial charge < -0.3 is 14.4 Å². The number of likely N-dealkylation sites (tertiary alicyclic amines) is 1. The first kappa shape index (κ1) is 16.9. The average Bonchev–Trinajstić information content (AvgIpc) is 2.52. The lowest BCUT2D eigenvalue weighted by Gasteiger charge is -2.33. The highest BCUT2D eigenvalue weighted by Gasteiger charge is 2.36. The van der Waals surface area contributed by atoms with Gasteiger partial charge in [-0.1, -0.05) is 6.92 Å². The number of piperidine rings is 1. The molecule has 3 nitrogen and oxygen atoms in total. The second-order valence-electron chi connectivity index (χ2n) is 5.52. The van der Waals surface area contributed by atoms with Crippen molar-refractivity contribution in [2.45, 2.75) is 31.9 Å². The van der Waals surface area contributed by atoms with Crippen LogP contribution in [0.15, 0.2) is 12.1 Å². The maximum absolute atomic E-state index is 13.1. The van der Waals surface area contributed by atoms with E-state index in [9.17, 15) is 13.2 Å². The molecule has 1 heterocycles. The first-order valence-electron chi connectivity index (χ1n) is 7.46. The van der Waals surface area contributed by atoms with Crippen LogP contribution in [-0.2, 0) is 6.18 Å². The Kier molecular flexibility index (Phi) is 5.21. The normalized spacial score (nSPS) is 20.0. The van der Waals surface area contributed by atoms with Crippen LogP contribution in [0.5, 0.6) is 11.5 Å². The van der Waals surface area contributed by atoms with Gasteiger partial charge in [-0.15, -0.1) is 0 Å². The molecule has 0 amide bonds. The molecule has 0 N–H and O–H groups in total.